The normalized spacial score (nSPS) is 10.2. The highest BCUT2D eigenvalue weighted by molar-refractivity contribution is 8.76. The summed E-state index contributed by atoms with van der Waals surface area (Å²) < 4.78 is 0. The van der Waals surface area contributed by atoms with Gasteiger partial charge in [-0.05, 0) is 30.7 Å². The molecule has 0 saturated carbocycles. The van der Waals surface area contributed by atoms with Crippen LogP contribution in [0.25, 0.3) is 0 Å². The molecule has 0 saturated heterocycles. The third-order valence-electron chi connectivity index (χ3n) is 1.97. The number of benzene rings is 1. The summed E-state index contributed by atoms with van der Waals surface area (Å²) in [7, 11) is 3.55. The average molecular weight is 233 g/mol. The zero-order chi connectivity index (χ0) is 10.5. The van der Waals surface area contributed by atoms with E-state index in [1.165, 1.54) is 15.4 Å². The molecule has 2 rings (SSSR count). The zero-order valence-corrected chi connectivity index (χ0v) is 10.0. The lowest BCUT2D eigenvalue weighted by atomic mass is 10.2. The van der Waals surface area contributed by atoms with E-state index in [1.807, 2.05) is 24.5 Å². The first-order valence-electron chi connectivity index (χ1n) is 4.66. The Kier molecular flexibility index (Phi) is 3.69. The first-order valence-corrected chi connectivity index (χ1v) is 6.81. The quantitative estimate of drug-likeness (QED) is 0.738. The third kappa shape index (κ3) is 3.01. The van der Waals surface area contributed by atoms with Gasteiger partial charge in [-0.15, -0.1) is 0 Å². The molecule has 0 atom stereocenters. The number of hydrogen-bond donors (Lipinski definition) is 0. The zero-order valence-electron chi connectivity index (χ0n) is 8.38. The van der Waals surface area contributed by atoms with Gasteiger partial charge in [0.05, 0.1) is 0 Å². The SMILES string of the molecule is Cc1ccccc1SSc1ccncc1. The summed E-state index contributed by atoms with van der Waals surface area (Å²) in [5.41, 5.74) is 1.32. The molecule has 0 N–H and O–H groups in total. The Balaban J connectivity index is 2.03. The predicted molar refractivity (Wildman–Crippen MR) is 67.1 cm³/mol. The monoisotopic (exact) mass is 233 g/mol. The van der Waals surface area contributed by atoms with E-state index in [2.05, 4.69) is 36.2 Å². The van der Waals surface area contributed by atoms with Gasteiger partial charge in [0.2, 0.25) is 0 Å². The molecule has 0 amide bonds. The van der Waals surface area contributed by atoms with Crippen molar-refractivity contribution in [2.45, 2.75) is 16.7 Å². The number of pyridine rings is 1. The van der Waals surface area contributed by atoms with E-state index < -0.39 is 0 Å². The maximum Gasteiger partial charge on any atom is 0.0279 e. The molecule has 0 aliphatic carbocycles. The summed E-state index contributed by atoms with van der Waals surface area (Å²) in [6, 6.07) is 12.5. The minimum absolute atomic E-state index is 1.23. The Labute approximate surface area is 97.7 Å². The van der Waals surface area contributed by atoms with E-state index in [1.54, 1.807) is 21.6 Å². The molecule has 15 heavy (non-hydrogen) atoms. The molecule has 0 aliphatic heterocycles. The summed E-state index contributed by atoms with van der Waals surface area (Å²) >= 11 is 0. The Bertz CT molecular complexity index is 429. The van der Waals surface area contributed by atoms with Gasteiger partial charge in [0.15, 0.2) is 0 Å². The highest BCUT2D eigenvalue weighted by atomic mass is 33.1. The maximum atomic E-state index is 4.00. The van der Waals surface area contributed by atoms with E-state index in [9.17, 15) is 0 Å². The molecule has 0 radical (unpaired) electrons. The predicted octanol–water partition coefficient (Wildman–Crippen LogP) is 4.19. The van der Waals surface area contributed by atoms with Gasteiger partial charge in [-0.25, -0.2) is 0 Å². The lowest BCUT2D eigenvalue weighted by Crippen LogP contribution is -1.75. The van der Waals surface area contributed by atoms with Crippen LogP contribution in [0.15, 0.2) is 58.6 Å². The van der Waals surface area contributed by atoms with Crippen LogP contribution in [0, 0.1) is 6.92 Å². The Morgan fingerprint density at radius 1 is 0.933 bits per heavy atom. The summed E-state index contributed by atoms with van der Waals surface area (Å²) in [5.74, 6) is 0. The smallest absolute Gasteiger partial charge is 0.0279 e. The van der Waals surface area contributed by atoms with Crippen LogP contribution in [0.4, 0.5) is 0 Å². The molecule has 0 bridgehead atoms. The van der Waals surface area contributed by atoms with Crippen molar-refractivity contribution in [2.75, 3.05) is 0 Å². The average Bonchev–Trinajstić information content (AvgIpc) is 2.29. The van der Waals surface area contributed by atoms with Crippen LogP contribution in [0.2, 0.25) is 0 Å². The van der Waals surface area contributed by atoms with Crippen LogP contribution >= 0.6 is 21.6 Å². The number of nitrogens with zero attached hydrogens (tertiary/aromatic N) is 1. The van der Waals surface area contributed by atoms with E-state index in [-0.39, 0.29) is 0 Å². The van der Waals surface area contributed by atoms with Gasteiger partial charge in [0, 0.05) is 22.2 Å². The molecule has 0 fully saturated rings. The topological polar surface area (TPSA) is 12.9 Å². The molecule has 1 heterocycles. The first kappa shape index (κ1) is 10.6. The second-order valence-corrected chi connectivity index (χ2v) is 5.36. The van der Waals surface area contributed by atoms with Crippen molar-refractivity contribution in [3.63, 3.8) is 0 Å². The molecule has 76 valence electrons. The second-order valence-electron chi connectivity index (χ2n) is 3.12. The molecule has 1 nitrogen and oxygen atoms in total. The molecule has 0 aliphatic rings. The summed E-state index contributed by atoms with van der Waals surface area (Å²) in [6.07, 6.45) is 3.64. The fourth-order valence-electron chi connectivity index (χ4n) is 1.14. The van der Waals surface area contributed by atoms with Crippen molar-refractivity contribution in [3.05, 3.63) is 54.4 Å². The van der Waals surface area contributed by atoms with Crippen LogP contribution < -0.4 is 0 Å². The Morgan fingerprint density at radius 3 is 2.40 bits per heavy atom. The molecular formula is C12H11NS2. The van der Waals surface area contributed by atoms with Gasteiger partial charge in [-0.1, -0.05) is 39.8 Å². The third-order valence-corrected chi connectivity index (χ3v) is 4.52. The first-order chi connectivity index (χ1) is 7.36. The van der Waals surface area contributed by atoms with Gasteiger partial charge in [-0.3, -0.25) is 4.98 Å². The minimum atomic E-state index is 1.23. The lowest BCUT2D eigenvalue weighted by molar-refractivity contribution is 1.27. The van der Waals surface area contributed by atoms with Crippen molar-refractivity contribution < 1.29 is 0 Å². The van der Waals surface area contributed by atoms with Crippen molar-refractivity contribution in [1.29, 1.82) is 0 Å². The van der Waals surface area contributed by atoms with Gasteiger partial charge >= 0.3 is 0 Å². The van der Waals surface area contributed by atoms with Crippen LogP contribution in [0.5, 0.6) is 0 Å². The highest BCUT2D eigenvalue weighted by Crippen LogP contribution is 2.38. The van der Waals surface area contributed by atoms with Gasteiger partial charge in [0.1, 0.15) is 0 Å². The summed E-state index contributed by atoms with van der Waals surface area (Å²) in [4.78, 5) is 6.55. The van der Waals surface area contributed by atoms with Crippen LogP contribution in [-0.2, 0) is 0 Å². The highest BCUT2D eigenvalue weighted by Gasteiger charge is 1.99. The van der Waals surface area contributed by atoms with Crippen molar-refractivity contribution >= 4 is 21.6 Å². The van der Waals surface area contributed by atoms with Crippen LogP contribution in [0.3, 0.4) is 0 Å². The number of aromatic nitrogens is 1. The molecule has 0 spiro atoms. The second kappa shape index (κ2) is 5.24. The Hall–Kier alpha value is -0.930. The number of hydrogen-bond acceptors (Lipinski definition) is 3. The lowest BCUT2D eigenvalue weighted by Gasteiger charge is -2.03. The maximum absolute atomic E-state index is 4.00. The van der Waals surface area contributed by atoms with Gasteiger partial charge in [-0.2, -0.15) is 0 Å². The molecule has 1 aromatic carbocycles. The molecule has 3 heteroatoms. The van der Waals surface area contributed by atoms with E-state index >= 15 is 0 Å². The minimum Gasteiger partial charge on any atom is -0.265 e. The molecular weight excluding hydrogens is 222 g/mol. The van der Waals surface area contributed by atoms with Crippen molar-refractivity contribution in [3.8, 4) is 0 Å². The van der Waals surface area contributed by atoms with Crippen molar-refractivity contribution in [1.82, 2.24) is 4.98 Å². The van der Waals surface area contributed by atoms with Crippen LogP contribution in [-0.4, -0.2) is 4.98 Å². The van der Waals surface area contributed by atoms with Gasteiger partial charge in [0.25, 0.3) is 0 Å². The van der Waals surface area contributed by atoms with Crippen LogP contribution in [0.1, 0.15) is 5.56 Å². The van der Waals surface area contributed by atoms with E-state index in [0.717, 1.165) is 0 Å². The summed E-state index contributed by atoms with van der Waals surface area (Å²) in [5, 5.41) is 0. The Morgan fingerprint density at radius 2 is 1.67 bits per heavy atom. The molecule has 2 aromatic rings. The molecule has 0 unspecified atom stereocenters. The fraction of sp³-hybridized carbons (Fsp3) is 0.0833. The number of aryl methyl sites for hydroxylation is 1. The van der Waals surface area contributed by atoms with Crippen molar-refractivity contribution in [2.24, 2.45) is 0 Å². The van der Waals surface area contributed by atoms with E-state index in [0.29, 0.717) is 0 Å². The van der Waals surface area contributed by atoms with Gasteiger partial charge < -0.3 is 0 Å². The number of rotatable bonds is 3. The fourth-order valence-corrected chi connectivity index (χ4v) is 3.34. The van der Waals surface area contributed by atoms with E-state index in [4.69, 9.17) is 0 Å². The largest absolute Gasteiger partial charge is 0.265 e. The standard InChI is InChI=1S/C12H11NS2/c1-10-4-2-3-5-12(10)15-14-11-6-8-13-9-7-11/h2-9H,1H3. The molecule has 1 aromatic heterocycles. The summed E-state index contributed by atoms with van der Waals surface area (Å²) in [6.45, 7) is 2.13.